The van der Waals surface area contributed by atoms with Crippen molar-refractivity contribution in [1.29, 1.82) is 5.26 Å². The average Bonchev–Trinajstić information content (AvgIpc) is 2.50. The van der Waals surface area contributed by atoms with Gasteiger partial charge in [-0.15, -0.1) is 0 Å². The normalized spacial score (nSPS) is 14.9. The second-order valence-corrected chi connectivity index (χ2v) is 3.92. The minimum atomic E-state index is 0.105. The van der Waals surface area contributed by atoms with E-state index < -0.39 is 0 Å². The van der Waals surface area contributed by atoms with E-state index in [-0.39, 0.29) is 5.91 Å². The van der Waals surface area contributed by atoms with E-state index in [4.69, 9.17) is 5.26 Å². The van der Waals surface area contributed by atoms with E-state index in [1.165, 1.54) is 0 Å². The number of hydrogen-bond acceptors (Lipinski definition) is 3. The molecule has 0 aromatic carbocycles. The van der Waals surface area contributed by atoms with E-state index in [9.17, 15) is 4.79 Å². The first-order valence-corrected chi connectivity index (χ1v) is 5.35. The van der Waals surface area contributed by atoms with Crippen LogP contribution in [0.2, 0.25) is 0 Å². The number of rotatable bonds is 0. The van der Waals surface area contributed by atoms with Crippen molar-refractivity contribution in [3.8, 4) is 6.07 Å². The topological polar surface area (TPSA) is 57.0 Å². The monoisotopic (exact) mass is 215 g/mol. The van der Waals surface area contributed by atoms with Crippen molar-refractivity contribution in [1.82, 2.24) is 9.88 Å². The Hall–Kier alpha value is -1.89. The molecule has 2 heterocycles. The Labute approximate surface area is 94.5 Å². The largest absolute Gasteiger partial charge is 0.342 e. The van der Waals surface area contributed by atoms with Gasteiger partial charge < -0.3 is 4.90 Å². The molecular weight excluding hydrogens is 202 g/mol. The molecule has 1 amide bonds. The summed E-state index contributed by atoms with van der Waals surface area (Å²) in [7, 11) is 0. The van der Waals surface area contributed by atoms with E-state index in [0.29, 0.717) is 12.2 Å². The molecule has 0 unspecified atom stereocenters. The molecule has 0 bridgehead atoms. The van der Waals surface area contributed by atoms with Gasteiger partial charge >= 0.3 is 0 Å². The van der Waals surface area contributed by atoms with Gasteiger partial charge in [0.15, 0.2) is 0 Å². The molecule has 1 aromatic heterocycles. The number of amides is 1. The Morgan fingerprint density at radius 2 is 2.19 bits per heavy atom. The Balaban J connectivity index is 2.24. The van der Waals surface area contributed by atoms with Gasteiger partial charge in [-0.2, -0.15) is 5.26 Å². The van der Waals surface area contributed by atoms with Crippen LogP contribution in [-0.4, -0.2) is 28.9 Å². The minimum Gasteiger partial charge on any atom is -0.342 e. The minimum absolute atomic E-state index is 0.105. The van der Waals surface area contributed by atoms with Crippen LogP contribution in [0.4, 0.5) is 0 Å². The van der Waals surface area contributed by atoms with Gasteiger partial charge in [-0.1, -0.05) is 6.07 Å². The Kier molecular flexibility index (Phi) is 2.86. The highest BCUT2D eigenvalue weighted by Crippen LogP contribution is 2.14. The Morgan fingerprint density at radius 3 is 2.88 bits per heavy atom. The third-order valence-electron chi connectivity index (χ3n) is 2.90. The third-order valence-corrected chi connectivity index (χ3v) is 2.90. The molecule has 2 rings (SSSR count). The van der Waals surface area contributed by atoms with Crippen molar-refractivity contribution < 1.29 is 4.79 Å². The van der Waals surface area contributed by atoms with Gasteiger partial charge in [0.2, 0.25) is 5.91 Å². The highest BCUT2D eigenvalue weighted by atomic mass is 16.2. The molecule has 0 aliphatic carbocycles. The third kappa shape index (κ3) is 2.03. The fourth-order valence-corrected chi connectivity index (χ4v) is 1.96. The summed E-state index contributed by atoms with van der Waals surface area (Å²) < 4.78 is 0. The van der Waals surface area contributed by atoms with E-state index >= 15 is 0 Å². The Morgan fingerprint density at radius 1 is 1.44 bits per heavy atom. The van der Waals surface area contributed by atoms with Crippen molar-refractivity contribution in [2.24, 2.45) is 0 Å². The maximum absolute atomic E-state index is 11.3. The first-order valence-electron chi connectivity index (χ1n) is 5.35. The zero-order chi connectivity index (χ0) is 11.5. The first-order chi connectivity index (χ1) is 7.70. The zero-order valence-electron chi connectivity index (χ0n) is 9.23. The first kappa shape index (κ1) is 10.6. The number of nitrogens with zero attached hydrogens (tertiary/aromatic N) is 3. The highest BCUT2D eigenvalue weighted by Gasteiger charge is 2.16. The number of carbonyl (C=O) groups is 1. The lowest BCUT2D eigenvalue weighted by Gasteiger charge is -2.17. The van der Waals surface area contributed by atoms with Crippen LogP contribution in [0, 0.1) is 11.3 Å². The Bertz CT molecular complexity index is 462. The SMILES string of the molecule is CC(=O)N1CCc2ccc(C#N)nc2CC1. The fourth-order valence-electron chi connectivity index (χ4n) is 1.96. The summed E-state index contributed by atoms with van der Waals surface area (Å²) in [4.78, 5) is 17.4. The van der Waals surface area contributed by atoms with E-state index in [1.54, 1.807) is 13.0 Å². The second kappa shape index (κ2) is 4.31. The summed E-state index contributed by atoms with van der Waals surface area (Å²) in [5, 5.41) is 8.77. The molecule has 0 radical (unpaired) electrons. The van der Waals surface area contributed by atoms with Crippen molar-refractivity contribution >= 4 is 5.91 Å². The van der Waals surface area contributed by atoms with E-state index in [1.807, 2.05) is 17.0 Å². The summed E-state index contributed by atoms with van der Waals surface area (Å²) >= 11 is 0. The van der Waals surface area contributed by atoms with Gasteiger partial charge in [0, 0.05) is 32.1 Å². The van der Waals surface area contributed by atoms with Gasteiger partial charge in [0.1, 0.15) is 11.8 Å². The molecule has 4 nitrogen and oxygen atoms in total. The molecule has 1 aliphatic heterocycles. The van der Waals surface area contributed by atoms with Gasteiger partial charge in [-0.25, -0.2) is 4.98 Å². The number of carbonyl (C=O) groups excluding carboxylic acids is 1. The maximum atomic E-state index is 11.3. The van der Waals surface area contributed by atoms with Crippen LogP contribution >= 0.6 is 0 Å². The molecule has 0 saturated carbocycles. The smallest absolute Gasteiger partial charge is 0.219 e. The average molecular weight is 215 g/mol. The van der Waals surface area contributed by atoms with Crippen molar-refractivity contribution in [2.45, 2.75) is 19.8 Å². The molecule has 0 saturated heterocycles. The van der Waals surface area contributed by atoms with Crippen LogP contribution in [0.15, 0.2) is 12.1 Å². The second-order valence-electron chi connectivity index (χ2n) is 3.92. The fraction of sp³-hybridized carbons (Fsp3) is 0.417. The van der Waals surface area contributed by atoms with Gasteiger partial charge in [-0.3, -0.25) is 4.79 Å². The lowest BCUT2D eigenvalue weighted by molar-refractivity contribution is -0.128. The maximum Gasteiger partial charge on any atom is 0.219 e. The zero-order valence-corrected chi connectivity index (χ0v) is 9.23. The molecule has 0 spiro atoms. The summed E-state index contributed by atoms with van der Waals surface area (Å²) in [6, 6.07) is 5.73. The number of aromatic nitrogens is 1. The predicted molar refractivity (Wildman–Crippen MR) is 58.6 cm³/mol. The highest BCUT2D eigenvalue weighted by molar-refractivity contribution is 5.73. The van der Waals surface area contributed by atoms with Crippen LogP contribution in [-0.2, 0) is 17.6 Å². The molecule has 0 fully saturated rings. The predicted octanol–water partition coefficient (Wildman–Crippen LogP) is 0.900. The molecule has 1 aromatic rings. The number of pyridine rings is 1. The van der Waals surface area contributed by atoms with Gasteiger partial charge in [0.05, 0.1) is 0 Å². The van der Waals surface area contributed by atoms with Crippen molar-refractivity contribution in [3.63, 3.8) is 0 Å². The van der Waals surface area contributed by atoms with Crippen LogP contribution in [0.1, 0.15) is 23.9 Å². The summed E-state index contributed by atoms with van der Waals surface area (Å²) in [6.07, 6.45) is 1.57. The van der Waals surface area contributed by atoms with Crippen molar-refractivity contribution in [3.05, 3.63) is 29.1 Å². The van der Waals surface area contributed by atoms with Crippen LogP contribution in [0.25, 0.3) is 0 Å². The van der Waals surface area contributed by atoms with E-state index in [2.05, 4.69) is 4.98 Å². The molecule has 0 N–H and O–H groups in total. The number of hydrogen-bond donors (Lipinski definition) is 0. The van der Waals surface area contributed by atoms with Crippen molar-refractivity contribution in [2.75, 3.05) is 13.1 Å². The van der Waals surface area contributed by atoms with Gasteiger partial charge in [0.25, 0.3) is 0 Å². The van der Waals surface area contributed by atoms with Crippen LogP contribution < -0.4 is 0 Å². The lowest BCUT2D eigenvalue weighted by atomic mass is 10.1. The molecule has 1 aliphatic rings. The number of nitriles is 1. The molecule has 0 atom stereocenters. The standard InChI is InChI=1S/C12H13N3O/c1-9(16)15-6-4-10-2-3-11(8-13)14-12(10)5-7-15/h2-3H,4-7H2,1H3. The van der Waals surface area contributed by atoms with Gasteiger partial charge in [-0.05, 0) is 18.1 Å². The quantitative estimate of drug-likeness (QED) is 0.646. The summed E-state index contributed by atoms with van der Waals surface area (Å²) in [5.41, 5.74) is 2.57. The molecular formula is C12H13N3O. The van der Waals surface area contributed by atoms with Crippen LogP contribution in [0.3, 0.4) is 0 Å². The molecule has 16 heavy (non-hydrogen) atoms. The lowest BCUT2D eigenvalue weighted by Crippen LogP contribution is -2.30. The molecule has 4 heteroatoms. The molecule has 82 valence electrons. The number of fused-ring (bicyclic) bond motifs is 1. The van der Waals surface area contributed by atoms with E-state index in [0.717, 1.165) is 30.6 Å². The van der Waals surface area contributed by atoms with Crippen LogP contribution in [0.5, 0.6) is 0 Å². The summed E-state index contributed by atoms with van der Waals surface area (Å²) in [6.45, 7) is 3.03. The summed E-state index contributed by atoms with van der Waals surface area (Å²) in [5.74, 6) is 0.105.